The Morgan fingerprint density at radius 1 is 1.04 bits per heavy atom. The van der Waals surface area contributed by atoms with Crippen LogP contribution in [0.2, 0.25) is 0 Å². The molecule has 0 rings (SSSR count). The largest absolute Gasteiger partial charge is 0.460 e. The lowest BCUT2D eigenvalue weighted by Crippen LogP contribution is -2.40. The predicted octanol–water partition coefficient (Wildman–Crippen LogP) is 5.43. The molecule has 0 N–H and O–H groups in total. The summed E-state index contributed by atoms with van der Waals surface area (Å²) in [6, 6.07) is 0. The third-order valence-corrected chi connectivity index (χ3v) is 5.40. The maximum Gasteiger partial charge on any atom is 0.306 e. The number of hydrogen-bond donors (Lipinski definition) is 0. The lowest BCUT2D eigenvalue weighted by molar-refractivity contribution is -0.157. The summed E-state index contributed by atoms with van der Waals surface area (Å²) in [4.78, 5) is 25.1. The maximum absolute atomic E-state index is 13.0. The first-order valence-electron chi connectivity index (χ1n) is 9.11. The van der Waals surface area contributed by atoms with Crippen LogP contribution in [0.25, 0.3) is 0 Å². The second-order valence-corrected chi connectivity index (χ2v) is 8.93. The Labute approximate surface area is 149 Å². The molecule has 3 nitrogen and oxygen atoms in total. The molecule has 0 aliphatic rings. The number of ketones is 1. The van der Waals surface area contributed by atoms with E-state index in [0.717, 1.165) is 6.42 Å². The van der Waals surface area contributed by atoms with Gasteiger partial charge in [-0.25, -0.2) is 0 Å². The number of hydrogen-bond acceptors (Lipinski definition) is 3. The van der Waals surface area contributed by atoms with E-state index in [4.69, 9.17) is 4.74 Å². The predicted molar refractivity (Wildman–Crippen MR) is 101 cm³/mol. The van der Waals surface area contributed by atoms with E-state index < -0.39 is 11.0 Å². The van der Waals surface area contributed by atoms with Gasteiger partial charge in [-0.05, 0) is 44.9 Å². The molecular weight excluding hydrogens is 300 g/mol. The van der Waals surface area contributed by atoms with Crippen molar-refractivity contribution in [3.8, 4) is 0 Å². The summed E-state index contributed by atoms with van der Waals surface area (Å²) in [5.74, 6) is 0.570. The van der Waals surface area contributed by atoms with E-state index in [0.29, 0.717) is 5.92 Å². The zero-order chi connectivity index (χ0) is 19.3. The normalized spacial score (nSPS) is 17.5. The second-order valence-electron chi connectivity index (χ2n) is 8.93. The Balaban J connectivity index is 4.98. The average Bonchev–Trinajstić information content (AvgIpc) is 2.42. The first-order valence-corrected chi connectivity index (χ1v) is 9.11. The molecule has 0 unspecified atom stereocenters. The molecule has 0 bridgehead atoms. The van der Waals surface area contributed by atoms with Crippen LogP contribution in [-0.2, 0) is 14.3 Å². The number of Topliss-reactive ketones (excluding diaryl/α,β-unsaturated/α-hetero) is 1. The molecule has 3 heteroatoms. The van der Waals surface area contributed by atoms with E-state index in [1.54, 1.807) is 0 Å². The first kappa shape index (κ1) is 22.9. The number of carbonyl (C=O) groups is 2. The van der Waals surface area contributed by atoms with Gasteiger partial charge in [-0.2, -0.15) is 0 Å². The summed E-state index contributed by atoms with van der Waals surface area (Å²) in [5, 5.41) is 0. The standard InChI is InChI=1S/C21H38O3/c1-11-12-14(2)16(4)17(5)19(23)21(9,10)15(3)13-18(22)24-20(6,7)8/h11,14-17H,1,12-13H2,2-10H3/t14-,15-,16-,17+/m0/s1. The molecule has 0 spiro atoms. The fourth-order valence-electron chi connectivity index (χ4n) is 2.93. The smallest absolute Gasteiger partial charge is 0.306 e. The lowest BCUT2D eigenvalue weighted by atomic mass is 9.67. The molecule has 0 aromatic carbocycles. The molecule has 0 heterocycles. The van der Waals surface area contributed by atoms with Crippen LogP contribution in [0.4, 0.5) is 0 Å². The molecule has 0 saturated heterocycles. The van der Waals surface area contributed by atoms with Crippen molar-refractivity contribution in [1.29, 1.82) is 0 Å². The van der Waals surface area contributed by atoms with Crippen molar-refractivity contribution in [3.63, 3.8) is 0 Å². The van der Waals surface area contributed by atoms with Gasteiger partial charge in [0.15, 0.2) is 0 Å². The number of ether oxygens (including phenoxy) is 1. The Hall–Kier alpha value is -1.12. The molecule has 4 atom stereocenters. The van der Waals surface area contributed by atoms with Crippen molar-refractivity contribution in [2.24, 2.45) is 29.1 Å². The molecule has 0 amide bonds. The van der Waals surface area contributed by atoms with E-state index in [1.807, 2.05) is 54.5 Å². The highest BCUT2D eigenvalue weighted by Gasteiger charge is 2.40. The number of esters is 1. The van der Waals surface area contributed by atoms with Gasteiger partial charge in [-0.15, -0.1) is 6.58 Å². The van der Waals surface area contributed by atoms with Gasteiger partial charge in [0.1, 0.15) is 11.4 Å². The van der Waals surface area contributed by atoms with Crippen LogP contribution in [0.5, 0.6) is 0 Å². The monoisotopic (exact) mass is 338 g/mol. The summed E-state index contributed by atoms with van der Waals surface area (Å²) in [5.41, 5.74) is -1.05. The minimum Gasteiger partial charge on any atom is -0.460 e. The van der Waals surface area contributed by atoms with Crippen LogP contribution in [-0.4, -0.2) is 17.4 Å². The van der Waals surface area contributed by atoms with Crippen LogP contribution < -0.4 is 0 Å². The van der Waals surface area contributed by atoms with Crippen molar-refractivity contribution in [2.75, 3.05) is 0 Å². The fourth-order valence-corrected chi connectivity index (χ4v) is 2.93. The molecule has 0 aliphatic heterocycles. The number of allylic oxidation sites excluding steroid dienone is 1. The second kappa shape index (κ2) is 8.82. The summed E-state index contributed by atoms with van der Waals surface area (Å²) >= 11 is 0. The summed E-state index contributed by atoms with van der Waals surface area (Å²) in [6.45, 7) is 21.5. The molecule has 140 valence electrons. The van der Waals surface area contributed by atoms with Crippen LogP contribution in [0.1, 0.15) is 75.2 Å². The van der Waals surface area contributed by atoms with Gasteiger partial charge in [0.2, 0.25) is 0 Å². The minimum atomic E-state index is -0.557. The highest BCUT2D eigenvalue weighted by Crippen LogP contribution is 2.37. The SMILES string of the molecule is C=CC[C@H](C)[C@H](C)[C@@H](C)C(=O)C(C)(C)[C@@H](C)CC(=O)OC(C)(C)C. The molecule has 0 aliphatic carbocycles. The molecule has 0 aromatic rings. The molecule has 0 saturated carbocycles. The van der Waals surface area contributed by atoms with Gasteiger partial charge in [-0.1, -0.05) is 47.6 Å². The summed E-state index contributed by atoms with van der Waals surface area (Å²) in [7, 11) is 0. The maximum atomic E-state index is 13.0. The first-order chi connectivity index (χ1) is 10.7. The molecule has 0 aromatic heterocycles. The van der Waals surface area contributed by atoms with Crippen LogP contribution in [0.15, 0.2) is 12.7 Å². The zero-order valence-corrected chi connectivity index (χ0v) is 17.2. The Kier molecular flexibility index (Phi) is 8.41. The highest BCUT2D eigenvalue weighted by atomic mass is 16.6. The van der Waals surface area contributed by atoms with Crippen molar-refractivity contribution in [2.45, 2.75) is 80.8 Å². The van der Waals surface area contributed by atoms with Gasteiger partial charge in [-0.3, -0.25) is 9.59 Å². The zero-order valence-electron chi connectivity index (χ0n) is 17.2. The van der Waals surface area contributed by atoms with Crippen molar-refractivity contribution >= 4 is 11.8 Å². The number of rotatable bonds is 9. The summed E-state index contributed by atoms with van der Waals surface area (Å²) < 4.78 is 5.40. The van der Waals surface area contributed by atoms with E-state index in [-0.39, 0.29) is 35.9 Å². The average molecular weight is 339 g/mol. The highest BCUT2D eigenvalue weighted by molar-refractivity contribution is 5.87. The Morgan fingerprint density at radius 2 is 1.54 bits per heavy atom. The van der Waals surface area contributed by atoms with Gasteiger partial charge >= 0.3 is 5.97 Å². The molecule has 0 fully saturated rings. The Morgan fingerprint density at radius 3 is 1.96 bits per heavy atom. The van der Waals surface area contributed by atoms with Crippen LogP contribution in [0.3, 0.4) is 0 Å². The van der Waals surface area contributed by atoms with Crippen molar-refractivity contribution in [3.05, 3.63) is 12.7 Å². The quantitative estimate of drug-likeness (QED) is 0.415. The molecule has 24 heavy (non-hydrogen) atoms. The van der Waals surface area contributed by atoms with Gasteiger partial charge in [0.25, 0.3) is 0 Å². The molecular formula is C21H38O3. The minimum absolute atomic E-state index is 0.0453. The van der Waals surface area contributed by atoms with Crippen molar-refractivity contribution in [1.82, 2.24) is 0 Å². The lowest BCUT2D eigenvalue weighted by Gasteiger charge is -2.36. The van der Waals surface area contributed by atoms with Gasteiger partial charge in [0.05, 0.1) is 0 Å². The third kappa shape index (κ3) is 6.78. The van der Waals surface area contributed by atoms with E-state index >= 15 is 0 Å². The van der Waals surface area contributed by atoms with Crippen LogP contribution in [0, 0.1) is 29.1 Å². The third-order valence-electron chi connectivity index (χ3n) is 5.40. The topological polar surface area (TPSA) is 43.4 Å². The van der Waals surface area contributed by atoms with Crippen LogP contribution >= 0.6 is 0 Å². The van der Waals surface area contributed by atoms with E-state index in [2.05, 4.69) is 20.4 Å². The van der Waals surface area contributed by atoms with E-state index in [9.17, 15) is 9.59 Å². The van der Waals surface area contributed by atoms with Gasteiger partial charge in [0, 0.05) is 17.8 Å². The number of carbonyl (C=O) groups excluding carboxylic acids is 2. The molecule has 0 radical (unpaired) electrons. The fraction of sp³-hybridized carbons (Fsp3) is 0.810. The van der Waals surface area contributed by atoms with Crippen molar-refractivity contribution < 1.29 is 14.3 Å². The summed E-state index contributed by atoms with van der Waals surface area (Å²) in [6.07, 6.45) is 3.08. The Bertz CT molecular complexity index is 442. The van der Waals surface area contributed by atoms with E-state index in [1.165, 1.54) is 0 Å². The van der Waals surface area contributed by atoms with Gasteiger partial charge < -0.3 is 4.74 Å².